The maximum absolute atomic E-state index is 13.4. The van der Waals surface area contributed by atoms with Gasteiger partial charge in [0.2, 0.25) is 10.0 Å². The standard InChI is InChI=1S/C19H25N3O5S/c1-14(2)11-18(19(23)21-24)22(13-15-5-4-10-20-12-15)28(25,26)17-8-6-16(27-3)7-9-17/h4-10,12,14,18,24H,11,13H2,1-3H3,(H,21,23)/t18-/m1/s1. The first kappa shape index (κ1) is 21.8. The monoisotopic (exact) mass is 407 g/mol. The molecule has 0 fully saturated rings. The number of hydrogen-bond acceptors (Lipinski definition) is 6. The molecule has 0 spiro atoms. The molecule has 1 atom stereocenters. The highest BCUT2D eigenvalue weighted by Gasteiger charge is 2.36. The third-order valence-electron chi connectivity index (χ3n) is 4.18. The van der Waals surface area contributed by atoms with Crippen LogP contribution in [0.2, 0.25) is 0 Å². The molecule has 9 heteroatoms. The molecule has 152 valence electrons. The minimum absolute atomic E-state index is 0.0183. The molecule has 0 aliphatic rings. The first-order valence-corrected chi connectivity index (χ1v) is 10.2. The van der Waals surface area contributed by atoms with Crippen molar-refractivity contribution < 1.29 is 23.2 Å². The predicted molar refractivity (Wildman–Crippen MR) is 103 cm³/mol. The fraction of sp³-hybridized carbons (Fsp3) is 0.368. The van der Waals surface area contributed by atoms with Crippen molar-refractivity contribution in [2.75, 3.05) is 7.11 Å². The molecule has 0 unspecified atom stereocenters. The molecule has 28 heavy (non-hydrogen) atoms. The average molecular weight is 407 g/mol. The van der Waals surface area contributed by atoms with E-state index in [4.69, 9.17) is 4.74 Å². The predicted octanol–water partition coefficient (Wildman–Crippen LogP) is 2.20. The molecule has 2 N–H and O–H groups in total. The number of nitrogens with zero attached hydrogens (tertiary/aromatic N) is 2. The summed E-state index contributed by atoms with van der Waals surface area (Å²) in [4.78, 5) is 16.4. The van der Waals surface area contributed by atoms with Crippen LogP contribution in [0.25, 0.3) is 0 Å². The van der Waals surface area contributed by atoms with E-state index in [0.29, 0.717) is 11.3 Å². The molecule has 0 saturated heterocycles. The Kier molecular flexibility index (Phi) is 7.50. The third kappa shape index (κ3) is 5.28. The molecule has 2 aromatic rings. The van der Waals surface area contributed by atoms with Crippen LogP contribution < -0.4 is 10.2 Å². The molecule has 1 heterocycles. The molecule has 1 aromatic carbocycles. The van der Waals surface area contributed by atoms with Crippen molar-refractivity contribution >= 4 is 15.9 Å². The Morgan fingerprint density at radius 3 is 2.43 bits per heavy atom. The van der Waals surface area contributed by atoms with Gasteiger partial charge in [-0.25, -0.2) is 13.9 Å². The van der Waals surface area contributed by atoms with Crippen LogP contribution in [0.4, 0.5) is 0 Å². The van der Waals surface area contributed by atoms with Crippen LogP contribution in [0, 0.1) is 5.92 Å². The van der Waals surface area contributed by atoms with Crippen LogP contribution in [0.3, 0.4) is 0 Å². The highest BCUT2D eigenvalue weighted by molar-refractivity contribution is 7.89. The fourth-order valence-electron chi connectivity index (χ4n) is 2.79. The maximum Gasteiger partial charge on any atom is 0.261 e. The number of pyridine rings is 1. The lowest BCUT2D eigenvalue weighted by molar-refractivity contribution is -0.133. The number of sulfonamides is 1. The molecular formula is C19H25N3O5S. The number of methoxy groups -OCH3 is 1. The molecule has 8 nitrogen and oxygen atoms in total. The average Bonchev–Trinajstić information content (AvgIpc) is 2.70. The molecule has 0 aliphatic heterocycles. The van der Waals surface area contributed by atoms with Crippen LogP contribution in [0.5, 0.6) is 5.75 Å². The van der Waals surface area contributed by atoms with E-state index in [1.165, 1.54) is 19.2 Å². The summed E-state index contributed by atoms with van der Waals surface area (Å²) >= 11 is 0. The number of hydroxylamine groups is 1. The van der Waals surface area contributed by atoms with Crippen molar-refractivity contribution in [3.63, 3.8) is 0 Å². The van der Waals surface area contributed by atoms with Crippen LogP contribution in [0.1, 0.15) is 25.8 Å². The molecule has 0 bridgehead atoms. The van der Waals surface area contributed by atoms with Crippen molar-refractivity contribution in [3.05, 3.63) is 54.4 Å². The van der Waals surface area contributed by atoms with Gasteiger partial charge in [0.1, 0.15) is 11.8 Å². The fourth-order valence-corrected chi connectivity index (χ4v) is 4.38. The number of benzene rings is 1. The van der Waals surface area contributed by atoms with E-state index in [1.807, 2.05) is 13.8 Å². The quantitative estimate of drug-likeness (QED) is 0.487. The normalized spacial score (nSPS) is 12.8. The van der Waals surface area contributed by atoms with Crippen molar-refractivity contribution in [2.45, 2.75) is 37.8 Å². The molecule has 0 radical (unpaired) electrons. The Bertz CT molecular complexity index is 870. The summed E-state index contributed by atoms with van der Waals surface area (Å²) in [6.07, 6.45) is 3.36. The van der Waals surface area contributed by atoms with Crippen molar-refractivity contribution in [1.82, 2.24) is 14.8 Å². The van der Waals surface area contributed by atoms with Crippen molar-refractivity contribution in [2.24, 2.45) is 5.92 Å². The minimum atomic E-state index is -4.05. The Hall–Kier alpha value is -2.49. The Morgan fingerprint density at radius 2 is 1.93 bits per heavy atom. The summed E-state index contributed by atoms with van der Waals surface area (Å²) in [5.41, 5.74) is 2.22. The van der Waals surface area contributed by atoms with Gasteiger partial charge in [-0.1, -0.05) is 19.9 Å². The minimum Gasteiger partial charge on any atom is -0.497 e. The number of hydrogen-bond donors (Lipinski definition) is 2. The number of rotatable bonds is 9. The zero-order valence-electron chi connectivity index (χ0n) is 16.1. The summed E-state index contributed by atoms with van der Waals surface area (Å²) < 4.78 is 32.9. The second-order valence-electron chi connectivity index (χ2n) is 6.71. The molecule has 0 aliphatic carbocycles. The summed E-state index contributed by atoms with van der Waals surface area (Å²) in [6, 6.07) is 8.26. The number of carbonyl (C=O) groups is 1. The topological polar surface area (TPSA) is 109 Å². The van der Waals surface area contributed by atoms with Crippen LogP contribution in [-0.4, -0.2) is 42.0 Å². The number of aromatic nitrogens is 1. The lowest BCUT2D eigenvalue weighted by Gasteiger charge is -2.30. The van der Waals surface area contributed by atoms with Crippen molar-refractivity contribution in [1.29, 1.82) is 0 Å². The smallest absolute Gasteiger partial charge is 0.261 e. The van der Waals surface area contributed by atoms with Crippen LogP contribution >= 0.6 is 0 Å². The highest BCUT2D eigenvalue weighted by atomic mass is 32.2. The van der Waals surface area contributed by atoms with Gasteiger partial charge in [-0.05, 0) is 48.2 Å². The molecule has 1 aromatic heterocycles. The zero-order valence-corrected chi connectivity index (χ0v) is 16.9. The largest absolute Gasteiger partial charge is 0.497 e. The number of nitrogens with one attached hydrogen (secondary N) is 1. The van der Waals surface area contributed by atoms with Gasteiger partial charge in [0.05, 0.1) is 12.0 Å². The molecule has 0 saturated carbocycles. The summed E-state index contributed by atoms with van der Waals surface area (Å²) in [5, 5.41) is 9.19. The SMILES string of the molecule is COc1ccc(S(=O)(=O)N(Cc2cccnc2)[C@H](CC(C)C)C(=O)NO)cc1. The summed E-state index contributed by atoms with van der Waals surface area (Å²) in [7, 11) is -2.56. The van der Waals surface area contributed by atoms with Gasteiger partial charge in [0, 0.05) is 18.9 Å². The van der Waals surface area contributed by atoms with E-state index in [-0.39, 0.29) is 23.8 Å². The number of amides is 1. The number of ether oxygens (including phenoxy) is 1. The van der Waals surface area contributed by atoms with Crippen LogP contribution in [-0.2, 0) is 21.4 Å². The van der Waals surface area contributed by atoms with E-state index in [9.17, 15) is 18.4 Å². The highest BCUT2D eigenvalue weighted by Crippen LogP contribution is 2.26. The maximum atomic E-state index is 13.4. The first-order valence-electron chi connectivity index (χ1n) is 8.78. The Balaban J connectivity index is 2.52. The van der Waals surface area contributed by atoms with Gasteiger partial charge in [0.25, 0.3) is 5.91 Å². The second-order valence-corrected chi connectivity index (χ2v) is 8.60. The van der Waals surface area contributed by atoms with Gasteiger partial charge in [0.15, 0.2) is 0 Å². The van der Waals surface area contributed by atoms with E-state index >= 15 is 0 Å². The van der Waals surface area contributed by atoms with Gasteiger partial charge in [-0.2, -0.15) is 4.31 Å². The van der Waals surface area contributed by atoms with E-state index in [0.717, 1.165) is 4.31 Å². The van der Waals surface area contributed by atoms with Gasteiger partial charge in [-0.15, -0.1) is 0 Å². The summed E-state index contributed by atoms with van der Waals surface area (Å²) in [5.74, 6) is -0.246. The lowest BCUT2D eigenvalue weighted by Crippen LogP contribution is -2.49. The first-order chi connectivity index (χ1) is 13.3. The van der Waals surface area contributed by atoms with Crippen molar-refractivity contribution in [3.8, 4) is 5.75 Å². The van der Waals surface area contributed by atoms with Gasteiger partial charge in [-0.3, -0.25) is 15.0 Å². The van der Waals surface area contributed by atoms with Gasteiger partial charge < -0.3 is 4.74 Å². The molecule has 1 amide bonds. The Labute approximate surface area is 165 Å². The number of carbonyl (C=O) groups excluding carboxylic acids is 1. The lowest BCUT2D eigenvalue weighted by atomic mass is 10.0. The summed E-state index contributed by atoms with van der Waals surface area (Å²) in [6.45, 7) is 3.69. The third-order valence-corrected chi connectivity index (χ3v) is 6.05. The van der Waals surface area contributed by atoms with E-state index in [1.54, 1.807) is 42.1 Å². The second kappa shape index (κ2) is 9.63. The zero-order chi connectivity index (χ0) is 20.7. The van der Waals surface area contributed by atoms with Crippen LogP contribution in [0.15, 0.2) is 53.7 Å². The van der Waals surface area contributed by atoms with E-state index < -0.39 is 22.0 Å². The molecule has 2 rings (SSSR count). The molecular weight excluding hydrogens is 382 g/mol. The van der Waals surface area contributed by atoms with Gasteiger partial charge >= 0.3 is 0 Å². The Morgan fingerprint density at radius 1 is 1.25 bits per heavy atom. The van der Waals surface area contributed by atoms with E-state index in [2.05, 4.69) is 4.98 Å².